The van der Waals surface area contributed by atoms with Crippen LogP contribution in [0.15, 0.2) is 53.4 Å². The lowest BCUT2D eigenvalue weighted by Gasteiger charge is -2.23. The first-order chi connectivity index (χ1) is 13.8. The number of rotatable bonds is 9. The van der Waals surface area contributed by atoms with Gasteiger partial charge >= 0.3 is 5.97 Å². The zero-order chi connectivity index (χ0) is 21.4. The summed E-state index contributed by atoms with van der Waals surface area (Å²) in [5, 5.41) is 2.57. The molecule has 0 aliphatic heterocycles. The van der Waals surface area contributed by atoms with Gasteiger partial charge in [-0.25, -0.2) is 8.42 Å². The van der Waals surface area contributed by atoms with Gasteiger partial charge < -0.3 is 14.8 Å². The SMILES string of the molecule is CCCOc1ccc(N(CC(=O)OC)S(=O)(=O)c2ccc(NC(C)=O)cc2)cc1. The summed E-state index contributed by atoms with van der Waals surface area (Å²) < 4.78 is 37.5. The fraction of sp³-hybridized carbons (Fsp3) is 0.300. The van der Waals surface area contributed by atoms with Gasteiger partial charge in [-0.1, -0.05) is 6.92 Å². The van der Waals surface area contributed by atoms with Crippen molar-refractivity contribution in [2.75, 3.05) is 29.9 Å². The van der Waals surface area contributed by atoms with Crippen molar-refractivity contribution in [3.8, 4) is 5.75 Å². The van der Waals surface area contributed by atoms with Crippen LogP contribution in [0.3, 0.4) is 0 Å². The number of carbonyl (C=O) groups is 2. The summed E-state index contributed by atoms with van der Waals surface area (Å²) in [5.41, 5.74) is 0.763. The molecule has 0 spiro atoms. The molecular weight excluding hydrogens is 396 g/mol. The normalized spacial score (nSPS) is 10.9. The van der Waals surface area contributed by atoms with Gasteiger partial charge in [0.2, 0.25) is 5.91 Å². The lowest BCUT2D eigenvalue weighted by atomic mass is 10.3. The highest BCUT2D eigenvalue weighted by Gasteiger charge is 2.27. The summed E-state index contributed by atoms with van der Waals surface area (Å²) in [6.07, 6.45) is 0.846. The van der Waals surface area contributed by atoms with Gasteiger partial charge in [-0.3, -0.25) is 13.9 Å². The number of sulfonamides is 1. The molecule has 0 bridgehead atoms. The first-order valence-corrected chi connectivity index (χ1v) is 10.4. The minimum Gasteiger partial charge on any atom is -0.494 e. The number of ether oxygens (including phenoxy) is 2. The van der Waals surface area contributed by atoms with Crippen molar-refractivity contribution in [3.05, 3.63) is 48.5 Å². The van der Waals surface area contributed by atoms with E-state index in [0.717, 1.165) is 10.7 Å². The third-order valence-corrected chi connectivity index (χ3v) is 5.65. The Morgan fingerprint density at radius 2 is 1.66 bits per heavy atom. The van der Waals surface area contributed by atoms with Gasteiger partial charge in [0.25, 0.3) is 10.0 Å². The van der Waals surface area contributed by atoms with E-state index in [1.165, 1.54) is 38.3 Å². The highest BCUT2D eigenvalue weighted by Crippen LogP contribution is 2.26. The molecule has 0 saturated carbocycles. The summed E-state index contributed by atoms with van der Waals surface area (Å²) in [5.74, 6) is -0.362. The van der Waals surface area contributed by atoms with Crippen molar-refractivity contribution < 1.29 is 27.5 Å². The van der Waals surface area contributed by atoms with Gasteiger partial charge in [-0.2, -0.15) is 0 Å². The predicted molar refractivity (Wildman–Crippen MR) is 110 cm³/mol. The van der Waals surface area contributed by atoms with Gasteiger partial charge in [0, 0.05) is 12.6 Å². The molecule has 0 heterocycles. The number of nitrogens with one attached hydrogen (secondary N) is 1. The summed E-state index contributed by atoms with van der Waals surface area (Å²) in [6.45, 7) is 3.40. The highest BCUT2D eigenvalue weighted by molar-refractivity contribution is 7.92. The minimum atomic E-state index is -4.06. The van der Waals surface area contributed by atoms with Crippen LogP contribution < -0.4 is 14.4 Å². The lowest BCUT2D eigenvalue weighted by molar-refractivity contribution is -0.138. The third-order valence-electron chi connectivity index (χ3n) is 3.86. The number of esters is 1. The molecule has 2 aromatic carbocycles. The van der Waals surface area contributed by atoms with Gasteiger partial charge in [0.1, 0.15) is 12.3 Å². The van der Waals surface area contributed by atoms with Crippen molar-refractivity contribution in [1.82, 2.24) is 0 Å². The molecule has 2 rings (SSSR count). The Morgan fingerprint density at radius 1 is 1.03 bits per heavy atom. The average molecular weight is 420 g/mol. The summed E-state index contributed by atoms with van der Waals surface area (Å²) in [7, 11) is -2.86. The topological polar surface area (TPSA) is 102 Å². The third kappa shape index (κ3) is 5.95. The van der Waals surface area contributed by atoms with Crippen LogP contribution in [0.5, 0.6) is 5.75 Å². The van der Waals surface area contributed by atoms with Crippen molar-refractivity contribution in [1.29, 1.82) is 0 Å². The average Bonchev–Trinajstić information content (AvgIpc) is 2.70. The first kappa shape index (κ1) is 22.2. The number of carbonyl (C=O) groups excluding carboxylic acids is 2. The Hall–Kier alpha value is -3.07. The number of hydrogen-bond acceptors (Lipinski definition) is 6. The van der Waals surface area contributed by atoms with Gasteiger partial charge in [0.05, 0.1) is 24.3 Å². The molecule has 2 aromatic rings. The van der Waals surface area contributed by atoms with Crippen LogP contribution in [0.1, 0.15) is 20.3 Å². The number of nitrogens with zero attached hydrogens (tertiary/aromatic N) is 1. The van der Waals surface area contributed by atoms with E-state index in [2.05, 4.69) is 10.1 Å². The number of anilines is 2. The Morgan fingerprint density at radius 3 is 2.17 bits per heavy atom. The number of methoxy groups -OCH3 is 1. The van der Waals surface area contributed by atoms with Gasteiger partial charge in [-0.05, 0) is 55.0 Å². The lowest BCUT2D eigenvalue weighted by Crippen LogP contribution is -2.36. The van der Waals surface area contributed by atoms with Crippen LogP contribution in [-0.4, -0.2) is 40.6 Å². The zero-order valence-electron chi connectivity index (χ0n) is 16.5. The quantitative estimate of drug-likeness (QED) is 0.626. The van der Waals surface area contributed by atoms with Crippen LogP contribution in [0.4, 0.5) is 11.4 Å². The number of amides is 1. The van der Waals surface area contributed by atoms with E-state index >= 15 is 0 Å². The zero-order valence-corrected chi connectivity index (χ0v) is 17.4. The summed E-state index contributed by atoms with van der Waals surface area (Å²) in [6, 6.07) is 12.1. The van der Waals surface area contributed by atoms with Crippen molar-refractivity contribution in [3.63, 3.8) is 0 Å². The molecule has 29 heavy (non-hydrogen) atoms. The Bertz CT molecular complexity index is 940. The Balaban J connectivity index is 2.37. The van der Waals surface area contributed by atoms with E-state index in [0.29, 0.717) is 23.7 Å². The fourth-order valence-corrected chi connectivity index (χ4v) is 3.88. The van der Waals surface area contributed by atoms with Crippen LogP contribution in [0.25, 0.3) is 0 Å². The molecule has 0 aromatic heterocycles. The van der Waals surface area contributed by atoms with E-state index in [9.17, 15) is 18.0 Å². The van der Waals surface area contributed by atoms with Crippen LogP contribution in [-0.2, 0) is 24.3 Å². The van der Waals surface area contributed by atoms with Crippen molar-refractivity contribution in [2.45, 2.75) is 25.2 Å². The fourth-order valence-electron chi connectivity index (χ4n) is 2.47. The van der Waals surface area contributed by atoms with E-state index in [1.54, 1.807) is 24.3 Å². The molecule has 8 nitrogen and oxygen atoms in total. The second-order valence-electron chi connectivity index (χ2n) is 6.14. The molecule has 1 N–H and O–H groups in total. The maximum atomic E-state index is 13.2. The minimum absolute atomic E-state index is 0.0261. The molecule has 0 fully saturated rings. The van der Waals surface area contributed by atoms with Crippen molar-refractivity contribution in [2.24, 2.45) is 0 Å². The van der Waals surface area contributed by atoms with E-state index in [4.69, 9.17) is 4.74 Å². The Labute approximate surface area is 170 Å². The van der Waals surface area contributed by atoms with Crippen LogP contribution >= 0.6 is 0 Å². The second kappa shape index (κ2) is 9.92. The molecular formula is C20H24N2O6S. The molecule has 0 unspecified atom stereocenters. The molecule has 156 valence electrons. The highest BCUT2D eigenvalue weighted by atomic mass is 32.2. The van der Waals surface area contributed by atoms with Crippen molar-refractivity contribution >= 4 is 33.3 Å². The van der Waals surface area contributed by atoms with E-state index < -0.39 is 22.5 Å². The van der Waals surface area contributed by atoms with E-state index in [-0.39, 0.29) is 10.8 Å². The largest absolute Gasteiger partial charge is 0.494 e. The molecule has 0 atom stereocenters. The summed E-state index contributed by atoms with van der Waals surface area (Å²) in [4.78, 5) is 23.0. The van der Waals surface area contributed by atoms with Gasteiger partial charge in [0.15, 0.2) is 0 Å². The van der Waals surface area contributed by atoms with E-state index in [1.807, 2.05) is 6.92 Å². The number of benzene rings is 2. The molecule has 0 saturated heterocycles. The van der Waals surface area contributed by atoms with Crippen LogP contribution in [0, 0.1) is 0 Å². The molecule has 0 aliphatic carbocycles. The maximum Gasteiger partial charge on any atom is 0.326 e. The molecule has 0 aliphatic rings. The van der Waals surface area contributed by atoms with Gasteiger partial charge in [-0.15, -0.1) is 0 Å². The van der Waals surface area contributed by atoms with Crippen LogP contribution in [0.2, 0.25) is 0 Å². The molecule has 9 heteroatoms. The monoisotopic (exact) mass is 420 g/mol. The smallest absolute Gasteiger partial charge is 0.326 e. The standard InChI is InChI=1S/C20H24N2O6S/c1-4-13-28-18-9-7-17(8-10-18)22(14-20(24)27-3)29(25,26)19-11-5-16(6-12-19)21-15(2)23/h5-12H,4,13-14H2,1-3H3,(H,21,23). The Kier molecular flexibility index (Phi) is 7.60. The maximum absolute atomic E-state index is 13.2. The number of hydrogen-bond donors (Lipinski definition) is 1. The molecule has 0 radical (unpaired) electrons. The second-order valence-corrected chi connectivity index (χ2v) is 8.00. The molecule has 1 amide bonds. The summed E-state index contributed by atoms with van der Waals surface area (Å²) >= 11 is 0. The predicted octanol–water partition coefficient (Wildman–Crippen LogP) is 2.80. The first-order valence-electron chi connectivity index (χ1n) is 8.98.